The van der Waals surface area contributed by atoms with Gasteiger partial charge in [-0.25, -0.2) is 13.8 Å². The highest BCUT2D eigenvalue weighted by atomic mass is 79.9. The van der Waals surface area contributed by atoms with Crippen LogP contribution in [0.5, 0.6) is 0 Å². The molecular formula is C7H5BrF2N2O2. The molecule has 0 bridgehead atoms. The summed E-state index contributed by atoms with van der Waals surface area (Å²) < 4.78 is 25.0. The Kier molecular flexibility index (Phi) is 3.10. The zero-order chi connectivity index (χ0) is 10.9. The van der Waals surface area contributed by atoms with Gasteiger partial charge in [0, 0.05) is 0 Å². The molecule has 1 heterocycles. The first-order valence-electron chi connectivity index (χ1n) is 3.53. The second-order valence-electron chi connectivity index (χ2n) is 2.53. The quantitative estimate of drug-likeness (QED) is 0.470. The first-order chi connectivity index (χ1) is 6.43. The van der Waals surface area contributed by atoms with E-state index in [1.54, 1.807) is 0 Å². The molecule has 0 atom stereocenters. The van der Waals surface area contributed by atoms with Gasteiger partial charge in [-0.2, -0.15) is 0 Å². The minimum absolute atomic E-state index is 0.0281. The molecule has 0 aromatic carbocycles. The molecule has 0 aliphatic rings. The number of pyridine rings is 1. The maximum Gasteiger partial charge on any atom is 0.299 e. The summed E-state index contributed by atoms with van der Waals surface area (Å²) in [6, 6.07) is 0.954. The van der Waals surface area contributed by atoms with E-state index in [0.29, 0.717) is 0 Å². The highest BCUT2D eigenvalue weighted by molar-refractivity contribution is 9.10. The first kappa shape index (κ1) is 11.0. The van der Waals surface area contributed by atoms with Crippen molar-refractivity contribution in [2.45, 2.75) is 13.3 Å². The number of aryl methyl sites for hydroxylation is 1. The molecule has 1 aromatic heterocycles. The molecule has 14 heavy (non-hydrogen) atoms. The van der Waals surface area contributed by atoms with Gasteiger partial charge in [0.2, 0.25) is 0 Å². The normalized spacial score (nSPS) is 10.6. The van der Waals surface area contributed by atoms with E-state index in [-0.39, 0.29) is 10.3 Å². The van der Waals surface area contributed by atoms with Crippen LogP contribution in [0.3, 0.4) is 0 Å². The van der Waals surface area contributed by atoms with Crippen LogP contribution < -0.4 is 0 Å². The van der Waals surface area contributed by atoms with Crippen molar-refractivity contribution >= 4 is 21.6 Å². The SMILES string of the molecule is Cc1nc(Br)cc(C(F)F)c1[N+](=O)[O-]. The van der Waals surface area contributed by atoms with Gasteiger partial charge >= 0.3 is 0 Å². The van der Waals surface area contributed by atoms with E-state index in [0.717, 1.165) is 6.07 Å². The molecule has 0 saturated heterocycles. The van der Waals surface area contributed by atoms with Crippen LogP contribution in [0.4, 0.5) is 14.5 Å². The summed E-state index contributed by atoms with van der Waals surface area (Å²) in [4.78, 5) is 13.3. The lowest BCUT2D eigenvalue weighted by molar-refractivity contribution is -0.387. The molecule has 0 spiro atoms. The lowest BCUT2D eigenvalue weighted by Gasteiger charge is -2.04. The summed E-state index contributed by atoms with van der Waals surface area (Å²) in [6.07, 6.45) is -2.88. The van der Waals surface area contributed by atoms with E-state index in [1.165, 1.54) is 6.92 Å². The molecule has 0 fully saturated rings. The Labute approximate surface area is 86.2 Å². The van der Waals surface area contributed by atoms with Crippen molar-refractivity contribution in [2.24, 2.45) is 0 Å². The second-order valence-corrected chi connectivity index (χ2v) is 3.34. The molecule has 4 nitrogen and oxygen atoms in total. The molecule has 0 amide bonds. The molecule has 0 unspecified atom stereocenters. The van der Waals surface area contributed by atoms with E-state index < -0.39 is 22.6 Å². The third-order valence-electron chi connectivity index (χ3n) is 1.58. The smallest absolute Gasteiger partial charge is 0.258 e. The Morgan fingerprint density at radius 2 is 2.21 bits per heavy atom. The topological polar surface area (TPSA) is 56.0 Å². The Morgan fingerprint density at radius 1 is 1.64 bits per heavy atom. The van der Waals surface area contributed by atoms with Crippen molar-refractivity contribution in [3.8, 4) is 0 Å². The van der Waals surface area contributed by atoms with Gasteiger partial charge in [-0.15, -0.1) is 0 Å². The van der Waals surface area contributed by atoms with Crippen LogP contribution in [-0.4, -0.2) is 9.91 Å². The lowest BCUT2D eigenvalue weighted by Crippen LogP contribution is -2.01. The standard InChI is InChI=1S/C7H5BrF2N2O2/c1-3-6(12(13)14)4(7(9)10)2-5(8)11-3/h2,7H,1H3. The van der Waals surface area contributed by atoms with Crippen LogP contribution >= 0.6 is 15.9 Å². The Bertz CT molecular complexity index is 384. The molecule has 7 heteroatoms. The predicted molar refractivity (Wildman–Crippen MR) is 48.3 cm³/mol. The van der Waals surface area contributed by atoms with Crippen molar-refractivity contribution < 1.29 is 13.7 Å². The number of hydrogen-bond acceptors (Lipinski definition) is 3. The fraction of sp³-hybridized carbons (Fsp3) is 0.286. The molecule has 0 saturated carbocycles. The third kappa shape index (κ3) is 2.03. The van der Waals surface area contributed by atoms with E-state index in [4.69, 9.17) is 0 Å². The second kappa shape index (κ2) is 3.95. The molecule has 1 rings (SSSR count). The van der Waals surface area contributed by atoms with Crippen molar-refractivity contribution in [3.05, 3.63) is 32.0 Å². The summed E-state index contributed by atoms with van der Waals surface area (Å²) in [6.45, 7) is 1.31. The summed E-state index contributed by atoms with van der Waals surface area (Å²) in [5.74, 6) is 0. The molecule has 0 N–H and O–H groups in total. The van der Waals surface area contributed by atoms with E-state index in [2.05, 4.69) is 20.9 Å². The zero-order valence-electron chi connectivity index (χ0n) is 7.00. The van der Waals surface area contributed by atoms with Gasteiger partial charge < -0.3 is 0 Å². The minimum Gasteiger partial charge on any atom is -0.258 e. The average Bonchev–Trinajstić information content (AvgIpc) is 2.01. The Balaban J connectivity index is 3.44. The van der Waals surface area contributed by atoms with E-state index >= 15 is 0 Å². The van der Waals surface area contributed by atoms with Crippen molar-refractivity contribution in [3.63, 3.8) is 0 Å². The van der Waals surface area contributed by atoms with Crippen molar-refractivity contribution in [2.75, 3.05) is 0 Å². The number of hydrogen-bond donors (Lipinski definition) is 0. The maximum atomic E-state index is 12.4. The summed E-state index contributed by atoms with van der Waals surface area (Å²) in [5, 5.41) is 10.5. The fourth-order valence-corrected chi connectivity index (χ4v) is 1.57. The monoisotopic (exact) mass is 266 g/mol. The third-order valence-corrected chi connectivity index (χ3v) is 1.99. The van der Waals surface area contributed by atoms with Crippen LogP contribution in [0.1, 0.15) is 17.7 Å². The van der Waals surface area contributed by atoms with Crippen LogP contribution in [0.25, 0.3) is 0 Å². The van der Waals surface area contributed by atoms with E-state index in [9.17, 15) is 18.9 Å². The molecule has 0 radical (unpaired) electrons. The van der Waals surface area contributed by atoms with Crippen molar-refractivity contribution in [1.82, 2.24) is 4.98 Å². The number of aromatic nitrogens is 1. The maximum absolute atomic E-state index is 12.4. The Morgan fingerprint density at radius 3 is 2.64 bits per heavy atom. The first-order valence-corrected chi connectivity index (χ1v) is 4.32. The van der Waals surface area contributed by atoms with Gasteiger partial charge in [0.25, 0.3) is 12.1 Å². The van der Waals surface area contributed by atoms with Gasteiger partial charge in [0.15, 0.2) is 0 Å². The number of rotatable bonds is 2. The number of alkyl halides is 2. The molecule has 76 valence electrons. The van der Waals surface area contributed by atoms with Crippen LogP contribution in [-0.2, 0) is 0 Å². The fourth-order valence-electron chi connectivity index (χ4n) is 1.05. The number of nitro groups is 1. The molecule has 0 aliphatic carbocycles. The van der Waals surface area contributed by atoms with Crippen LogP contribution in [0, 0.1) is 17.0 Å². The predicted octanol–water partition coefficient (Wildman–Crippen LogP) is 3.00. The van der Waals surface area contributed by atoms with Gasteiger partial charge in [-0.3, -0.25) is 10.1 Å². The molecular weight excluding hydrogens is 262 g/mol. The largest absolute Gasteiger partial charge is 0.299 e. The van der Waals surface area contributed by atoms with Gasteiger partial charge in [-0.05, 0) is 28.9 Å². The summed E-state index contributed by atoms with van der Waals surface area (Å²) in [5.41, 5.74) is -1.27. The average molecular weight is 267 g/mol. The van der Waals surface area contributed by atoms with Gasteiger partial charge in [-0.1, -0.05) is 0 Å². The number of halogens is 3. The molecule has 0 aliphatic heterocycles. The lowest BCUT2D eigenvalue weighted by atomic mass is 10.2. The summed E-state index contributed by atoms with van der Waals surface area (Å²) >= 11 is 2.90. The van der Waals surface area contributed by atoms with E-state index in [1.807, 2.05) is 0 Å². The van der Waals surface area contributed by atoms with Crippen LogP contribution in [0.15, 0.2) is 10.7 Å². The summed E-state index contributed by atoms with van der Waals surface area (Å²) in [7, 11) is 0. The van der Waals surface area contributed by atoms with Crippen molar-refractivity contribution in [1.29, 1.82) is 0 Å². The highest BCUT2D eigenvalue weighted by Gasteiger charge is 2.25. The van der Waals surface area contributed by atoms with Gasteiger partial charge in [0.1, 0.15) is 15.9 Å². The Hall–Kier alpha value is -1.11. The van der Waals surface area contributed by atoms with Gasteiger partial charge in [0.05, 0.1) is 4.92 Å². The molecule has 1 aromatic rings. The minimum atomic E-state index is -2.88. The number of nitrogens with zero attached hydrogens (tertiary/aromatic N) is 2. The highest BCUT2D eigenvalue weighted by Crippen LogP contribution is 2.32. The van der Waals surface area contributed by atoms with Crippen LogP contribution in [0.2, 0.25) is 0 Å². The zero-order valence-corrected chi connectivity index (χ0v) is 8.59.